The van der Waals surface area contributed by atoms with Crippen LogP contribution in [0.3, 0.4) is 0 Å². The molecule has 0 aromatic carbocycles. The maximum Gasteiger partial charge on any atom is 0.0507 e. The molecule has 0 bridgehead atoms. The first-order valence-electron chi connectivity index (χ1n) is 6.67. The summed E-state index contributed by atoms with van der Waals surface area (Å²) in [6.07, 6.45) is 8.49. The highest BCUT2D eigenvalue weighted by atomic mass is 16.5. The second kappa shape index (κ2) is 5.86. The molecule has 2 unspecified atom stereocenters. The molecule has 1 saturated carbocycles. The van der Waals surface area contributed by atoms with E-state index in [9.17, 15) is 0 Å². The van der Waals surface area contributed by atoms with Crippen molar-refractivity contribution in [3.63, 3.8) is 0 Å². The van der Waals surface area contributed by atoms with Crippen molar-refractivity contribution in [1.29, 1.82) is 0 Å². The molecular weight excluding hydrogens is 186 g/mol. The fraction of sp³-hybridized carbons (Fsp3) is 1.00. The molecule has 0 aromatic heterocycles. The minimum Gasteiger partial charge on any atom is -0.381 e. The second-order valence-corrected chi connectivity index (χ2v) is 5.32. The van der Waals surface area contributed by atoms with E-state index in [1.54, 1.807) is 0 Å². The summed E-state index contributed by atoms with van der Waals surface area (Å²) in [6.45, 7) is 5.48. The highest BCUT2D eigenvalue weighted by molar-refractivity contribution is 4.77. The Labute approximate surface area is 93.8 Å². The lowest BCUT2D eigenvalue weighted by Gasteiger charge is -2.29. The molecule has 1 aliphatic carbocycles. The average molecular weight is 211 g/mol. The van der Waals surface area contributed by atoms with Gasteiger partial charge in [-0.3, -0.25) is 0 Å². The van der Waals surface area contributed by atoms with E-state index in [1.807, 2.05) is 0 Å². The fourth-order valence-corrected chi connectivity index (χ4v) is 2.90. The van der Waals surface area contributed by atoms with Gasteiger partial charge in [0.05, 0.1) is 6.61 Å². The molecule has 0 amide bonds. The first-order chi connectivity index (χ1) is 7.36. The van der Waals surface area contributed by atoms with E-state index in [4.69, 9.17) is 4.74 Å². The smallest absolute Gasteiger partial charge is 0.0507 e. The van der Waals surface area contributed by atoms with E-state index in [2.05, 4.69) is 12.2 Å². The monoisotopic (exact) mass is 211 g/mol. The van der Waals surface area contributed by atoms with Crippen molar-refractivity contribution in [2.45, 2.75) is 51.5 Å². The van der Waals surface area contributed by atoms with Crippen LogP contribution in [0.2, 0.25) is 0 Å². The van der Waals surface area contributed by atoms with Crippen molar-refractivity contribution in [2.24, 2.45) is 11.8 Å². The van der Waals surface area contributed by atoms with Crippen molar-refractivity contribution >= 4 is 0 Å². The standard InChI is InChI=1S/C13H25NO/c1-11(13-5-3-2-4-6-13)14-9-12-7-8-15-10-12/h11-14H,2-10H2,1H3. The third kappa shape index (κ3) is 3.46. The quantitative estimate of drug-likeness (QED) is 0.771. The number of hydrogen-bond donors (Lipinski definition) is 1. The summed E-state index contributed by atoms with van der Waals surface area (Å²) >= 11 is 0. The molecule has 1 aliphatic heterocycles. The van der Waals surface area contributed by atoms with Gasteiger partial charge in [-0.25, -0.2) is 0 Å². The predicted molar refractivity (Wildman–Crippen MR) is 63.0 cm³/mol. The Morgan fingerprint density at radius 1 is 1.20 bits per heavy atom. The number of ether oxygens (including phenoxy) is 1. The van der Waals surface area contributed by atoms with Crippen molar-refractivity contribution < 1.29 is 4.74 Å². The number of nitrogens with one attached hydrogen (secondary N) is 1. The summed E-state index contributed by atoms with van der Waals surface area (Å²) in [5.41, 5.74) is 0. The Balaban J connectivity index is 1.64. The molecule has 1 saturated heterocycles. The third-order valence-electron chi connectivity index (χ3n) is 4.11. The number of hydrogen-bond acceptors (Lipinski definition) is 2. The van der Waals surface area contributed by atoms with Crippen LogP contribution in [0.25, 0.3) is 0 Å². The highest BCUT2D eigenvalue weighted by Gasteiger charge is 2.21. The SMILES string of the molecule is CC(NCC1CCOC1)C1CCCCC1. The Bertz CT molecular complexity index is 171. The van der Waals surface area contributed by atoms with Crippen LogP contribution < -0.4 is 5.32 Å². The van der Waals surface area contributed by atoms with Crippen LogP contribution in [-0.2, 0) is 4.74 Å². The molecular formula is C13H25NO. The summed E-state index contributed by atoms with van der Waals surface area (Å²) in [7, 11) is 0. The van der Waals surface area contributed by atoms with Gasteiger partial charge in [0.25, 0.3) is 0 Å². The van der Waals surface area contributed by atoms with E-state index >= 15 is 0 Å². The maximum absolute atomic E-state index is 5.39. The predicted octanol–water partition coefficient (Wildman–Crippen LogP) is 2.58. The van der Waals surface area contributed by atoms with Crippen molar-refractivity contribution in [1.82, 2.24) is 5.32 Å². The summed E-state index contributed by atoms with van der Waals surface area (Å²) in [5, 5.41) is 3.71. The van der Waals surface area contributed by atoms with Gasteiger partial charge in [0.15, 0.2) is 0 Å². The Kier molecular flexibility index (Phi) is 4.45. The zero-order valence-electron chi connectivity index (χ0n) is 10.0. The molecule has 15 heavy (non-hydrogen) atoms. The molecule has 2 atom stereocenters. The van der Waals surface area contributed by atoms with E-state index < -0.39 is 0 Å². The number of rotatable bonds is 4. The van der Waals surface area contributed by atoms with Crippen LogP contribution >= 0.6 is 0 Å². The molecule has 2 fully saturated rings. The topological polar surface area (TPSA) is 21.3 Å². The lowest BCUT2D eigenvalue weighted by molar-refractivity contribution is 0.182. The average Bonchev–Trinajstić information content (AvgIpc) is 2.80. The van der Waals surface area contributed by atoms with Gasteiger partial charge in [-0.2, -0.15) is 0 Å². The Morgan fingerprint density at radius 2 is 2.00 bits per heavy atom. The zero-order valence-corrected chi connectivity index (χ0v) is 10.0. The van der Waals surface area contributed by atoms with Crippen molar-refractivity contribution in [3.05, 3.63) is 0 Å². The van der Waals surface area contributed by atoms with E-state index in [-0.39, 0.29) is 0 Å². The third-order valence-corrected chi connectivity index (χ3v) is 4.11. The van der Waals surface area contributed by atoms with Crippen LogP contribution in [0.4, 0.5) is 0 Å². The summed E-state index contributed by atoms with van der Waals surface area (Å²) in [5.74, 6) is 1.71. The van der Waals surface area contributed by atoms with E-state index in [0.717, 1.165) is 31.6 Å². The first-order valence-corrected chi connectivity index (χ1v) is 6.67. The molecule has 0 spiro atoms. The summed E-state index contributed by atoms with van der Waals surface area (Å²) < 4.78 is 5.39. The lowest BCUT2D eigenvalue weighted by atomic mass is 9.84. The van der Waals surface area contributed by atoms with Gasteiger partial charge in [-0.1, -0.05) is 19.3 Å². The zero-order chi connectivity index (χ0) is 10.5. The molecule has 0 radical (unpaired) electrons. The van der Waals surface area contributed by atoms with Crippen LogP contribution in [0.5, 0.6) is 0 Å². The van der Waals surface area contributed by atoms with Crippen LogP contribution in [-0.4, -0.2) is 25.8 Å². The first kappa shape index (κ1) is 11.4. The van der Waals surface area contributed by atoms with Gasteiger partial charge >= 0.3 is 0 Å². The Morgan fingerprint density at radius 3 is 2.67 bits per heavy atom. The van der Waals surface area contributed by atoms with Gasteiger partial charge in [0, 0.05) is 19.2 Å². The molecule has 1 N–H and O–H groups in total. The normalized spacial score (nSPS) is 30.6. The van der Waals surface area contributed by atoms with Crippen molar-refractivity contribution in [3.8, 4) is 0 Å². The van der Waals surface area contributed by atoms with Crippen LogP contribution in [0.1, 0.15) is 45.4 Å². The molecule has 2 aliphatic rings. The van der Waals surface area contributed by atoms with Gasteiger partial charge in [-0.15, -0.1) is 0 Å². The minimum atomic E-state index is 0.714. The summed E-state index contributed by atoms with van der Waals surface area (Å²) in [6, 6.07) is 0.714. The van der Waals surface area contributed by atoms with Gasteiger partial charge in [-0.05, 0) is 38.0 Å². The largest absolute Gasteiger partial charge is 0.381 e. The van der Waals surface area contributed by atoms with Crippen LogP contribution in [0.15, 0.2) is 0 Å². The van der Waals surface area contributed by atoms with Gasteiger partial charge in [0.2, 0.25) is 0 Å². The van der Waals surface area contributed by atoms with Gasteiger partial charge < -0.3 is 10.1 Å². The van der Waals surface area contributed by atoms with Crippen molar-refractivity contribution in [2.75, 3.05) is 19.8 Å². The summed E-state index contributed by atoms with van der Waals surface area (Å²) in [4.78, 5) is 0. The Hall–Kier alpha value is -0.0800. The molecule has 2 heteroatoms. The van der Waals surface area contributed by atoms with E-state index in [0.29, 0.717) is 6.04 Å². The van der Waals surface area contributed by atoms with Gasteiger partial charge in [0.1, 0.15) is 0 Å². The lowest BCUT2D eigenvalue weighted by Crippen LogP contribution is -2.37. The van der Waals surface area contributed by atoms with E-state index in [1.165, 1.54) is 38.5 Å². The fourth-order valence-electron chi connectivity index (χ4n) is 2.90. The molecule has 88 valence electrons. The molecule has 2 rings (SSSR count). The van der Waals surface area contributed by atoms with Crippen LogP contribution in [0, 0.1) is 11.8 Å². The highest BCUT2D eigenvalue weighted by Crippen LogP contribution is 2.26. The second-order valence-electron chi connectivity index (χ2n) is 5.32. The minimum absolute atomic E-state index is 0.714. The molecule has 2 nitrogen and oxygen atoms in total. The maximum atomic E-state index is 5.39. The molecule has 0 aromatic rings. The molecule has 1 heterocycles.